The van der Waals surface area contributed by atoms with Crippen molar-refractivity contribution in [3.8, 4) is 0 Å². The summed E-state index contributed by atoms with van der Waals surface area (Å²) in [6, 6.07) is 17.1. The van der Waals surface area contributed by atoms with Crippen molar-refractivity contribution < 1.29 is 14.3 Å². The fourth-order valence-electron chi connectivity index (χ4n) is 2.43. The first-order valence-corrected chi connectivity index (χ1v) is 7.85. The Bertz CT molecular complexity index is 862. The lowest BCUT2D eigenvalue weighted by molar-refractivity contribution is -0.132. The summed E-state index contributed by atoms with van der Waals surface area (Å²) in [4.78, 5) is 23.1. The van der Waals surface area contributed by atoms with Gasteiger partial charge in [0.05, 0.1) is 0 Å². The van der Waals surface area contributed by atoms with Crippen LogP contribution >= 0.6 is 0 Å². The van der Waals surface area contributed by atoms with Gasteiger partial charge in [-0.25, -0.2) is 4.79 Å². The third kappa shape index (κ3) is 4.54. The molecule has 0 bridgehead atoms. The number of hydrogen-bond acceptors (Lipinski definition) is 3. The van der Waals surface area contributed by atoms with Crippen LogP contribution in [0.15, 0.2) is 84.7 Å². The molecule has 124 valence electrons. The first-order chi connectivity index (χ1) is 12.1. The van der Waals surface area contributed by atoms with Crippen LogP contribution in [0.5, 0.6) is 0 Å². The molecule has 3 rings (SSSR count). The van der Waals surface area contributed by atoms with Gasteiger partial charge >= 0.3 is 5.97 Å². The molecular weight excluding hydrogens is 314 g/mol. The van der Waals surface area contributed by atoms with Gasteiger partial charge in [-0.15, -0.1) is 0 Å². The second kappa shape index (κ2) is 7.45. The fraction of sp³-hybridized carbons (Fsp3) is 0.0476. The molecule has 0 radical (unpaired) electrons. The molecule has 0 saturated carbocycles. The van der Waals surface area contributed by atoms with E-state index in [1.54, 1.807) is 6.08 Å². The van der Waals surface area contributed by atoms with E-state index < -0.39 is 0 Å². The smallest absolute Gasteiger partial charge is 0.336 e. The van der Waals surface area contributed by atoms with Gasteiger partial charge in [0.2, 0.25) is 5.91 Å². The van der Waals surface area contributed by atoms with Gasteiger partial charge < -0.3 is 10.1 Å². The number of hydrogen-bond donors (Lipinski definition) is 1. The summed E-state index contributed by atoms with van der Waals surface area (Å²) in [5, 5.41) is 2.81. The Kier molecular flexibility index (Phi) is 4.90. The third-order valence-corrected chi connectivity index (χ3v) is 3.72. The molecule has 0 aromatic heterocycles. The molecule has 1 heterocycles. The van der Waals surface area contributed by atoms with Crippen molar-refractivity contribution in [1.29, 1.82) is 0 Å². The predicted octanol–water partition coefficient (Wildman–Crippen LogP) is 3.88. The minimum absolute atomic E-state index is 0.192. The Labute approximate surface area is 146 Å². The number of anilines is 1. The van der Waals surface area contributed by atoms with Crippen molar-refractivity contribution in [2.45, 2.75) is 6.42 Å². The monoisotopic (exact) mass is 331 g/mol. The molecule has 0 atom stereocenters. The number of allylic oxidation sites excluding steroid dienone is 1. The van der Waals surface area contributed by atoms with Gasteiger partial charge in [0.25, 0.3) is 0 Å². The molecule has 0 saturated heterocycles. The minimum Gasteiger partial charge on any atom is -0.424 e. The summed E-state index contributed by atoms with van der Waals surface area (Å²) in [5.41, 5.74) is 3.45. The van der Waals surface area contributed by atoms with Gasteiger partial charge in [-0.2, -0.15) is 0 Å². The molecule has 1 aliphatic rings. The highest BCUT2D eigenvalue weighted by atomic mass is 16.5. The van der Waals surface area contributed by atoms with Crippen molar-refractivity contribution in [1.82, 2.24) is 0 Å². The minimum atomic E-state index is -0.380. The second-order valence-electron chi connectivity index (χ2n) is 5.62. The van der Waals surface area contributed by atoms with Crippen LogP contribution in [0.1, 0.15) is 11.1 Å². The lowest BCUT2D eigenvalue weighted by Crippen LogP contribution is -2.07. The molecule has 1 N–H and O–H groups in total. The van der Waals surface area contributed by atoms with Gasteiger partial charge in [0.15, 0.2) is 0 Å². The summed E-state index contributed by atoms with van der Waals surface area (Å²) in [6.45, 7) is 3.71. The maximum absolute atomic E-state index is 12.0. The van der Waals surface area contributed by atoms with E-state index >= 15 is 0 Å². The van der Waals surface area contributed by atoms with Gasteiger partial charge in [0.1, 0.15) is 5.76 Å². The maximum Gasteiger partial charge on any atom is 0.336 e. The zero-order valence-electron chi connectivity index (χ0n) is 13.6. The Morgan fingerprint density at radius 3 is 2.44 bits per heavy atom. The van der Waals surface area contributed by atoms with E-state index in [1.807, 2.05) is 54.6 Å². The summed E-state index contributed by atoms with van der Waals surface area (Å²) in [6.07, 6.45) is 5.28. The van der Waals surface area contributed by atoms with Crippen LogP contribution in [0.25, 0.3) is 6.08 Å². The lowest BCUT2D eigenvalue weighted by Gasteiger charge is -2.06. The zero-order valence-corrected chi connectivity index (χ0v) is 13.6. The molecule has 4 nitrogen and oxygen atoms in total. The molecule has 2 aromatic rings. The van der Waals surface area contributed by atoms with Crippen molar-refractivity contribution in [2.24, 2.45) is 0 Å². The number of esters is 1. The van der Waals surface area contributed by atoms with Gasteiger partial charge in [0, 0.05) is 29.8 Å². The van der Waals surface area contributed by atoms with Gasteiger partial charge in [-0.05, 0) is 29.3 Å². The van der Waals surface area contributed by atoms with E-state index in [1.165, 1.54) is 12.2 Å². The van der Waals surface area contributed by atoms with Crippen molar-refractivity contribution in [3.05, 3.63) is 95.8 Å². The summed E-state index contributed by atoms with van der Waals surface area (Å²) in [7, 11) is 0. The SMILES string of the molecule is C=C1OC(=O)C=C1Cc1ccc(NC(=O)/C=C/c2ccccc2)cc1. The van der Waals surface area contributed by atoms with E-state index in [0.29, 0.717) is 17.9 Å². The van der Waals surface area contributed by atoms with Gasteiger partial charge in [-0.1, -0.05) is 49.0 Å². The Balaban J connectivity index is 1.58. The highest BCUT2D eigenvalue weighted by molar-refractivity contribution is 6.01. The first kappa shape index (κ1) is 16.5. The molecule has 0 aliphatic carbocycles. The number of amides is 1. The number of rotatable bonds is 5. The van der Waals surface area contributed by atoms with Crippen LogP contribution < -0.4 is 5.32 Å². The summed E-state index contributed by atoms with van der Waals surface area (Å²) in [5.74, 6) is -0.176. The molecule has 1 aliphatic heterocycles. The predicted molar refractivity (Wildman–Crippen MR) is 97.6 cm³/mol. The molecule has 4 heteroatoms. The molecule has 25 heavy (non-hydrogen) atoms. The third-order valence-electron chi connectivity index (χ3n) is 3.72. The number of nitrogens with one attached hydrogen (secondary N) is 1. The molecular formula is C21H17NO3. The van der Waals surface area contributed by atoms with Crippen molar-refractivity contribution >= 4 is 23.6 Å². The summed E-state index contributed by atoms with van der Waals surface area (Å²) >= 11 is 0. The normalized spacial score (nSPS) is 13.7. The molecule has 1 amide bonds. The van der Waals surface area contributed by atoms with E-state index in [0.717, 1.165) is 16.7 Å². The van der Waals surface area contributed by atoms with Crippen LogP contribution in [0, 0.1) is 0 Å². The zero-order chi connectivity index (χ0) is 17.6. The lowest BCUT2D eigenvalue weighted by atomic mass is 10.0. The van der Waals surface area contributed by atoms with E-state index in [2.05, 4.69) is 11.9 Å². The van der Waals surface area contributed by atoms with Crippen LogP contribution in [0.2, 0.25) is 0 Å². The number of ether oxygens (including phenoxy) is 1. The molecule has 2 aromatic carbocycles. The number of carbonyl (C=O) groups is 2. The standard InChI is InChI=1S/C21H17NO3/c1-15-18(14-21(24)25-15)13-17-7-10-19(11-8-17)22-20(23)12-9-16-5-3-2-4-6-16/h2-12,14H,1,13H2,(H,22,23)/b12-9+. The second-order valence-corrected chi connectivity index (χ2v) is 5.62. The first-order valence-electron chi connectivity index (χ1n) is 7.85. The largest absolute Gasteiger partial charge is 0.424 e. The quantitative estimate of drug-likeness (QED) is 0.668. The van der Waals surface area contributed by atoms with Gasteiger partial charge in [-0.3, -0.25) is 4.79 Å². The Morgan fingerprint density at radius 1 is 1.08 bits per heavy atom. The van der Waals surface area contributed by atoms with Crippen LogP contribution in [-0.2, 0) is 20.7 Å². The molecule has 0 fully saturated rings. The van der Waals surface area contributed by atoms with Crippen LogP contribution in [-0.4, -0.2) is 11.9 Å². The number of benzene rings is 2. The topological polar surface area (TPSA) is 55.4 Å². The van der Waals surface area contributed by atoms with Crippen molar-refractivity contribution in [3.63, 3.8) is 0 Å². The van der Waals surface area contributed by atoms with Crippen LogP contribution in [0.4, 0.5) is 5.69 Å². The Morgan fingerprint density at radius 2 is 1.80 bits per heavy atom. The van der Waals surface area contributed by atoms with Crippen LogP contribution in [0.3, 0.4) is 0 Å². The van der Waals surface area contributed by atoms with E-state index in [4.69, 9.17) is 4.74 Å². The summed E-state index contributed by atoms with van der Waals surface area (Å²) < 4.78 is 4.90. The van der Waals surface area contributed by atoms with E-state index in [-0.39, 0.29) is 11.9 Å². The number of carbonyl (C=O) groups excluding carboxylic acids is 2. The van der Waals surface area contributed by atoms with E-state index in [9.17, 15) is 9.59 Å². The average molecular weight is 331 g/mol. The highest BCUT2D eigenvalue weighted by Gasteiger charge is 2.17. The Hall–Kier alpha value is -3.40. The molecule has 0 unspecified atom stereocenters. The average Bonchev–Trinajstić information content (AvgIpc) is 2.93. The maximum atomic E-state index is 12.0. The fourth-order valence-corrected chi connectivity index (χ4v) is 2.43. The number of cyclic esters (lactones) is 1. The van der Waals surface area contributed by atoms with Crippen molar-refractivity contribution in [2.75, 3.05) is 5.32 Å². The molecule has 0 spiro atoms. The highest BCUT2D eigenvalue weighted by Crippen LogP contribution is 2.22.